The number of rotatable bonds is 4. The van der Waals surface area contributed by atoms with Crippen LogP contribution in [0.1, 0.15) is 24.3 Å². The number of hydrogen-bond acceptors (Lipinski definition) is 3. The van der Waals surface area contributed by atoms with Crippen LogP contribution in [0.15, 0.2) is 28.9 Å². The van der Waals surface area contributed by atoms with Crippen LogP contribution in [0.3, 0.4) is 0 Å². The van der Waals surface area contributed by atoms with Crippen LogP contribution in [0.25, 0.3) is 0 Å². The Hall–Kier alpha value is -1.04. The summed E-state index contributed by atoms with van der Waals surface area (Å²) < 4.78 is 7.75. The number of aliphatic hydroxyl groups excluding tert-OH is 1. The molecule has 1 heterocycles. The molecule has 2 aromatic rings. The smallest absolute Gasteiger partial charge is 0.125 e. The second kappa shape index (κ2) is 5.94. The molecule has 0 aliphatic rings. The average molecular weight is 346 g/mol. The van der Waals surface area contributed by atoms with Gasteiger partial charge >= 0.3 is 0 Å². The van der Waals surface area contributed by atoms with Crippen molar-refractivity contribution in [3.8, 4) is 5.75 Å². The number of nitrogens with zero attached hydrogens (tertiary/aromatic N) is 2. The van der Waals surface area contributed by atoms with Crippen LogP contribution in [0.4, 0.5) is 0 Å². The molecule has 0 saturated heterocycles. The number of aliphatic hydroxyl groups is 1. The summed E-state index contributed by atoms with van der Waals surface area (Å²) in [5, 5.41) is 15.3. The third kappa shape index (κ3) is 2.78. The van der Waals surface area contributed by atoms with Gasteiger partial charge < -0.3 is 9.84 Å². The minimum Gasteiger partial charge on any atom is -0.496 e. The summed E-state index contributed by atoms with van der Waals surface area (Å²) in [6.45, 7) is 2.63. The molecule has 6 heteroatoms. The fourth-order valence-electron chi connectivity index (χ4n) is 1.96. The van der Waals surface area contributed by atoms with E-state index >= 15 is 0 Å². The Balaban J connectivity index is 2.51. The van der Waals surface area contributed by atoms with Gasteiger partial charge in [-0.3, -0.25) is 4.68 Å². The molecule has 1 atom stereocenters. The van der Waals surface area contributed by atoms with Gasteiger partial charge in [0.15, 0.2) is 0 Å². The van der Waals surface area contributed by atoms with Crippen LogP contribution in [-0.2, 0) is 6.54 Å². The molecular weight excluding hydrogens is 332 g/mol. The Labute approximate surface area is 125 Å². The molecule has 4 nitrogen and oxygen atoms in total. The van der Waals surface area contributed by atoms with Crippen LogP contribution in [0.2, 0.25) is 5.02 Å². The molecule has 0 radical (unpaired) electrons. The summed E-state index contributed by atoms with van der Waals surface area (Å²) in [7, 11) is 1.56. The van der Waals surface area contributed by atoms with Gasteiger partial charge in [0.2, 0.25) is 0 Å². The fraction of sp³-hybridized carbons (Fsp3) is 0.308. The summed E-state index contributed by atoms with van der Waals surface area (Å²) >= 11 is 9.40. The molecule has 0 spiro atoms. The maximum Gasteiger partial charge on any atom is 0.125 e. The molecule has 102 valence electrons. The molecule has 1 aromatic carbocycles. The highest BCUT2D eigenvalue weighted by molar-refractivity contribution is 9.10. The molecule has 0 fully saturated rings. The largest absolute Gasteiger partial charge is 0.496 e. The Morgan fingerprint density at radius 2 is 2.26 bits per heavy atom. The van der Waals surface area contributed by atoms with Gasteiger partial charge in [-0.25, -0.2) is 0 Å². The van der Waals surface area contributed by atoms with Crippen molar-refractivity contribution in [1.29, 1.82) is 0 Å². The SMILES string of the molecule is CCn1ncc(Br)c1C(O)c1cc(Cl)ccc1OC. The van der Waals surface area contributed by atoms with Crippen LogP contribution in [0.5, 0.6) is 5.75 Å². The first kappa shape index (κ1) is 14.4. The van der Waals surface area contributed by atoms with Gasteiger partial charge in [-0.05, 0) is 41.1 Å². The van der Waals surface area contributed by atoms with E-state index in [1.165, 1.54) is 0 Å². The van der Waals surface area contributed by atoms with Crippen molar-refractivity contribution in [3.05, 3.63) is 45.1 Å². The van der Waals surface area contributed by atoms with Crippen LogP contribution >= 0.6 is 27.5 Å². The van der Waals surface area contributed by atoms with Gasteiger partial charge in [-0.1, -0.05) is 11.6 Å². The topological polar surface area (TPSA) is 47.3 Å². The van der Waals surface area contributed by atoms with Crippen molar-refractivity contribution < 1.29 is 9.84 Å². The lowest BCUT2D eigenvalue weighted by Gasteiger charge is -2.17. The molecule has 1 aromatic heterocycles. The third-order valence-electron chi connectivity index (χ3n) is 2.88. The van der Waals surface area contributed by atoms with Gasteiger partial charge in [0.05, 0.1) is 23.5 Å². The molecule has 0 saturated carbocycles. The summed E-state index contributed by atoms with van der Waals surface area (Å²) in [4.78, 5) is 0. The molecule has 0 aliphatic heterocycles. The Bertz CT molecular complexity index is 586. The minimum absolute atomic E-state index is 0.550. The van der Waals surface area contributed by atoms with E-state index in [-0.39, 0.29) is 0 Å². The minimum atomic E-state index is -0.856. The van der Waals surface area contributed by atoms with Crippen molar-refractivity contribution in [2.45, 2.75) is 19.6 Å². The number of benzene rings is 1. The summed E-state index contributed by atoms with van der Waals surface area (Å²) in [6, 6.07) is 5.16. The van der Waals surface area contributed by atoms with Gasteiger partial charge in [0.1, 0.15) is 11.9 Å². The third-order valence-corrected chi connectivity index (χ3v) is 3.72. The van der Waals surface area contributed by atoms with Gasteiger partial charge in [-0.15, -0.1) is 0 Å². The van der Waals surface area contributed by atoms with Crippen molar-refractivity contribution in [2.75, 3.05) is 7.11 Å². The molecule has 0 amide bonds. The van der Waals surface area contributed by atoms with Crippen LogP contribution in [0, 0.1) is 0 Å². The normalized spacial score (nSPS) is 12.5. The van der Waals surface area contributed by atoms with Crippen molar-refractivity contribution >= 4 is 27.5 Å². The van der Waals surface area contributed by atoms with Crippen molar-refractivity contribution in [2.24, 2.45) is 0 Å². The Morgan fingerprint density at radius 1 is 1.53 bits per heavy atom. The highest BCUT2D eigenvalue weighted by Gasteiger charge is 2.22. The van der Waals surface area contributed by atoms with E-state index in [1.807, 2.05) is 6.92 Å². The zero-order valence-corrected chi connectivity index (χ0v) is 12.9. The molecule has 1 N–H and O–H groups in total. The van der Waals surface area contributed by atoms with Crippen molar-refractivity contribution in [1.82, 2.24) is 9.78 Å². The first-order valence-corrected chi connectivity index (χ1v) is 6.98. The fourth-order valence-corrected chi connectivity index (χ4v) is 2.66. The van der Waals surface area contributed by atoms with Gasteiger partial charge in [0.25, 0.3) is 0 Å². The average Bonchev–Trinajstić information content (AvgIpc) is 2.79. The highest BCUT2D eigenvalue weighted by Crippen LogP contribution is 2.35. The number of hydrogen-bond donors (Lipinski definition) is 1. The van der Waals surface area contributed by atoms with E-state index in [2.05, 4.69) is 21.0 Å². The molecular formula is C13H14BrClN2O2. The van der Waals surface area contributed by atoms with E-state index in [1.54, 1.807) is 36.2 Å². The second-order valence-corrected chi connectivity index (χ2v) is 5.27. The lowest BCUT2D eigenvalue weighted by molar-refractivity contribution is 0.202. The first-order valence-electron chi connectivity index (χ1n) is 5.81. The molecule has 0 aliphatic carbocycles. The lowest BCUT2D eigenvalue weighted by Crippen LogP contribution is -2.10. The van der Waals surface area contributed by atoms with Crippen LogP contribution in [-0.4, -0.2) is 22.0 Å². The zero-order chi connectivity index (χ0) is 14.0. The quantitative estimate of drug-likeness (QED) is 0.924. The number of ether oxygens (including phenoxy) is 1. The zero-order valence-electron chi connectivity index (χ0n) is 10.6. The Morgan fingerprint density at radius 3 is 2.89 bits per heavy atom. The van der Waals surface area contributed by atoms with E-state index in [4.69, 9.17) is 16.3 Å². The van der Waals surface area contributed by atoms with E-state index in [0.29, 0.717) is 28.6 Å². The maximum atomic E-state index is 10.6. The maximum absolute atomic E-state index is 10.6. The standard InChI is InChI=1S/C13H14BrClN2O2/c1-3-17-12(10(14)7-16-17)13(18)9-6-8(15)4-5-11(9)19-2/h4-7,13,18H,3H2,1-2H3. The molecule has 19 heavy (non-hydrogen) atoms. The Kier molecular flexibility index (Phi) is 4.50. The van der Waals surface area contributed by atoms with Gasteiger partial charge in [-0.2, -0.15) is 5.10 Å². The van der Waals surface area contributed by atoms with E-state index < -0.39 is 6.10 Å². The van der Waals surface area contributed by atoms with Crippen molar-refractivity contribution in [3.63, 3.8) is 0 Å². The number of methoxy groups -OCH3 is 1. The lowest BCUT2D eigenvalue weighted by atomic mass is 10.1. The van der Waals surface area contributed by atoms with Gasteiger partial charge in [0, 0.05) is 17.1 Å². The summed E-state index contributed by atoms with van der Waals surface area (Å²) in [6.07, 6.45) is 0.810. The number of aromatic nitrogens is 2. The molecule has 2 rings (SSSR count). The number of aryl methyl sites for hydroxylation is 1. The first-order chi connectivity index (χ1) is 9.08. The monoisotopic (exact) mass is 344 g/mol. The second-order valence-electron chi connectivity index (χ2n) is 3.98. The number of halogens is 2. The summed E-state index contributed by atoms with van der Waals surface area (Å²) in [5.74, 6) is 0.590. The van der Waals surface area contributed by atoms with E-state index in [0.717, 1.165) is 4.47 Å². The predicted molar refractivity (Wildman–Crippen MR) is 77.7 cm³/mol. The molecule has 1 unspecified atom stereocenters. The highest BCUT2D eigenvalue weighted by atomic mass is 79.9. The van der Waals surface area contributed by atoms with Crippen LogP contribution < -0.4 is 4.74 Å². The van der Waals surface area contributed by atoms with E-state index in [9.17, 15) is 5.11 Å². The summed E-state index contributed by atoms with van der Waals surface area (Å²) in [5.41, 5.74) is 1.30. The molecule has 0 bridgehead atoms. The predicted octanol–water partition coefficient (Wildman–Crippen LogP) is 3.41.